The van der Waals surface area contributed by atoms with Gasteiger partial charge in [0.1, 0.15) is 5.76 Å². The molecule has 2 aromatic heterocycles. The van der Waals surface area contributed by atoms with Crippen molar-refractivity contribution in [1.29, 1.82) is 0 Å². The summed E-state index contributed by atoms with van der Waals surface area (Å²) in [5, 5.41) is 11.7. The minimum atomic E-state index is 0.515. The molecule has 0 bridgehead atoms. The molecule has 1 N–H and O–H groups in total. The number of hydrogen-bond acceptors (Lipinski definition) is 4. The van der Waals surface area contributed by atoms with E-state index in [0.29, 0.717) is 12.5 Å². The Morgan fingerprint density at radius 1 is 1.48 bits per heavy atom. The van der Waals surface area contributed by atoms with E-state index in [2.05, 4.69) is 31.7 Å². The van der Waals surface area contributed by atoms with E-state index in [1.165, 1.54) is 5.56 Å². The fourth-order valence-corrected chi connectivity index (χ4v) is 3.13. The van der Waals surface area contributed by atoms with E-state index in [-0.39, 0.29) is 0 Å². The first-order valence-electron chi connectivity index (χ1n) is 7.94. The first-order valence-corrected chi connectivity index (χ1v) is 7.94. The summed E-state index contributed by atoms with van der Waals surface area (Å²) in [6.45, 7) is 6.55. The van der Waals surface area contributed by atoms with E-state index in [9.17, 15) is 0 Å². The van der Waals surface area contributed by atoms with Crippen LogP contribution < -0.4 is 5.32 Å². The molecule has 7 heteroatoms. The van der Waals surface area contributed by atoms with Crippen LogP contribution >= 0.6 is 0 Å². The van der Waals surface area contributed by atoms with Crippen molar-refractivity contribution in [2.24, 2.45) is 12.0 Å². The van der Waals surface area contributed by atoms with Crippen molar-refractivity contribution in [3.05, 3.63) is 35.0 Å². The third kappa shape index (κ3) is 3.23. The summed E-state index contributed by atoms with van der Waals surface area (Å²) in [5.41, 5.74) is 3.34. The lowest BCUT2D eigenvalue weighted by molar-refractivity contribution is 0.392. The summed E-state index contributed by atoms with van der Waals surface area (Å²) in [6.07, 6.45) is 5.19. The molecule has 124 valence electrons. The van der Waals surface area contributed by atoms with Gasteiger partial charge in [-0.25, -0.2) is 0 Å². The van der Waals surface area contributed by atoms with Crippen molar-refractivity contribution in [2.45, 2.75) is 32.7 Å². The van der Waals surface area contributed by atoms with Crippen LogP contribution in [0.25, 0.3) is 0 Å². The van der Waals surface area contributed by atoms with Crippen molar-refractivity contribution >= 4 is 5.96 Å². The first-order chi connectivity index (χ1) is 11.1. The SMILES string of the molecule is CN=C(NCc1c(C)noc1C)N1CCC(c2cnn(C)c2)C1. The Labute approximate surface area is 136 Å². The van der Waals surface area contributed by atoms with Crippen LogP contribution in [0.5, 0.6) is 0 Å². The predicted octanol–water partition coefficient (Wildman–Crippen LogP) is 1.59. The zero-order chi connectivity index (χ0) is 16.4. The van der Waals surface area contributed by atoms with E-state index in [4.69, 9.17) is 4.52 Å². The van der Waals surface area contributed by atoms with Crippen molar-refractivity contribution in [3.8, 4) is 0 Å². The maximum Gasteiger partial charge on any atom is 0.193 e. The van der Waals surface area contributed by atoms with Crippen molar-refractivity contribution in [2.75, 3.05) is 20.1 Å². The zero-order valence-corrected chi connectivity index (χ0v) is 14.2. The Morgan fingerprint density at radius 2 is 2.30 bits per heavy atom. The number of aromatic nitrogens is 3. The Morgan fingerprint density at radius 3 is 2.91 bits per heavy atom. The van der Waals surface area contributed by atoms with Crippen LogP contribution in [0.2, 0.25) is 0 Å². The molecule has 7 nitrogen and oxygen atoms in total. The van der Waals surface area contributed by atoms with E-state index in [0.717, 1.165) is 42.5 Å². The number of likely N-dealkylation sites (tertiary alicyclic amines) is 1. The smallest absolute Gasteiger partial charge is 0.193 e. The van der Waals surface area contributed by atoms with E-state index in [1.54, 1.807) is 0 Å². The van der Waals surface area contributed by atoms with E-state index >= 15 is 0 Å². The molecule has 1 unspecified atom stereocenters. The summed E-state index contributed by atoms with van der Waals surface area (Å²) < 4.78 is 7.07. The molecule has 1 aliphatic heterocycles. The van der Waals surface area contributed by atoms with Crippen molar-refractivity contribution in [3.63, 3.8) is 0 Å². The largest absolute Gasteiger partial charge is 0.361 e. The quantitative estimate of drug-likeness (QED) is 0.688. The molecule has 23 heavy (non-hydrogen) atoms. The van der Waals surface area contributed by atoms with Crippen LogP contribution in [-0.4, -0.2) is 45.9 Å². The van der Waals surface area contributed by atoms with Crippen LogP contribution in [0.1, 0.15) is 34.9 Å². The summed E-state index contributed by atoms with van der Waals surface area (Å²) >= 11 is 0. The molecular weight excluding hydrogens is 292 g/mol. The second-order valence-electron chi connectivity index (χ2n) is 6.08. The Hall–Kier alpha value is -2.31. The molecule has 0 radical (unpaired) electrons. The van der Waals surface area contributed by atoms with Gasteiger partial charge in [-0.05, 0) is 25.8 Å². The number of aryl methyl sites for hydroxylation is 3. The number of aliphatic imine (C=N–C) groups is 1. The molecular formula is C16H24N6O. The third-order valence-corrected chi connectivity index (χ3v) is 4.50. The van der Waals surface area contributed by atoms with Crippen molar-refractivity contribution in [1.82, 2.24) is 25.2 Å². The molecule has 3 rings (SSSR count). The van der Waals surface area contributed by atoms with Gasteiger partial charge in [0.15, 0.2) is 5.96 Å². The average Bonchev–Trinajstić information content (AvgIpc) is 3.23. The molecule has 1 fully saturated rings. The fourth-order valence-electron chi connectivity index (χ4n) is 3.13. The Kier molecular flexibility index (Phi) is 4.36. The maximum absolute atomic E-state index is 5.21. The zero-order valence-electron chi connectivity index (χ0n) is 14.2. The summed E-state index contributed by atoms with van der Waals surface area (Å²) in [6, 6.07) is 0. The highest BCUT2D eigenvalue weighted by atomic mass is 16.5. The van der Waals surface area contributed by atoms with Gasteiger partial charge in [0, 0.05) is 51.4 Å². The van der Waals surface area contributed by atoms with Gasteiger partial charge >= 0.3 is 0 Å². The minimum Gasteiger partial charge on any atom is -0.361 e. The summed E-state index contributed by atoms with van der Waals surface area (Å²) in [5.74, 6) is 2.30. The minimum absolute atomic E-state index is 0.515. The molecule has 2 aromatic rings. The highest BCUT2D eigenvalue weighted by Crippen LogP contribution is 2.26. The van der Waals surface area contributed by atoms with Crippen LogP contribution in [0.3, 0.4) is 0 Å². The van der Waals surface area contributed by atoms with Gasteiger partial charge in [0.25, 0.3) is 0 Å². The lowest BCUT2D eigenvalue weighted by Crippen LogP contribution is -2.39. The van der Waals surface area contributed by atoms with Gasteiger partial charge in [-0.15, -0.1) is 0 Å². The molecule has 0 saturated carbocycles. The monoisotopic (exact) mass is 316 g/mol. The van der Waals surface area contributed by atoms with Crippen molar-refractivity contribution < 1.29 is 4.52 Å². The number of nitrogens with one attached hydrogen (secondary N) is 1. The second kappa shape index (κ2) is 6.44. The van der Waals surface area contributed by atoms with Gasteiger partial charge in [0.05, 0.1) is 11.9 Å². The number of hydrogen-bond donors (Lipinski definition) is 1. The van der Waals surface area contributed by atoms with Crippen LogP contribution in [0.15, 0.2) is 21.9 Å². The molecule has 0 spiro atoms. The van der Waals surface area contributed by atoms with Gasteiger partial charge in [-0.1, -0.05) is 5.16 Å². The van der Waals surface area contributed by atoms with Crippen LogP contribution in [0.4, 0.5) is 0 Å². The number of nitrogens with zero attached hydrogens (tertiary/aromatic N) is 5. The topological polar surface area (TPSA) is 71.5 Å². The Bertz CT molecular complexity index is 682. The number of rotatable bonds is 3. The number of guanidine groups is 1. The van der Waals surface area contributed by atoms with Gasteiger partial charge in [-0.3, -0.25) is 9.67 Å². The predicted molar refractivity (Wildman–Crippen MR) is 88.3 cm³/mol. The average molecular weight is 316 g/mol. The van der Waals surface area contributed by atoms with Crippen LogP contribution in [-0.2, 0) is 13.6 Å². The highest BCUT2D eigenvalue weighted by Gasteiger charge is 2.27. The maximum atomic E-state index is 5.21. The molecule has 3 heterocycles. The summed E-state index contributed by atoms with van der Waals surface area (Å²) in [7, 11) is 3.79. The lowest BCUT2D eigenvalue weighted by atomic mass is 10.0. The third-order valence-electron chi connectivity index (χ3n) is 4.50. The molecule has 0 aliphatic carbocycles. The Balaban J connectivity index is 1.61. The standard InChI is InChI=1S/C16H24N6O/c1-11-15(12(2)23-20-11)8-18-16(17-3)22-6-5-13(10-22)14-7-19-21(4)9-14/h7,9,13H,5-6,8,10H2,1-4H3,(H,17,18). The van der Waals surface area contributed by atoms with E-state index in [1.807, 2.05) is 38.8 Å². The molecule has 1 aliphatic rings. The lowest BCUT2D eigenvalue weighted by Gasteiger charge is -2.21. The molecule has 1 atom stereocenters. The summed E-state index contributed by atoms with van der Waals surface area (Å²) in [4.78, 5) is 6.72. The normalized spacial score (nSPS) is 18.7. The first kappa shape index (κ1) is 15.6. The van der Waals surface area contributed by atoms with Gasteiger partial charge < -0.3 is 14.7 Å². The second-order valence-corrected chi connectivity index (χ2v) is 6.08. The van der Waals surface area contributed by atoms with Crippen LogP contribution in [0, 0.1) is 13.8 Å². The molecule has 1 saturated heterocycles. The van der Waals surface area contributed by atoms with E-state index < -0.39 is 0 Å². The molecule has 0 aromatic carbocycles. The van der Waals surface area contributed by atoms with Gasteiger partial charge in [0.2, 0.25) is 0 Å². The molecule has 0 amide bonds. The highest BCUT2D eigenvalue weighted by molar-refractivity contribution is 5.80. The van der Waals surface area contributed by atoms with Gasteiger partial charge in [-0.2, -0.15) is 5.10 Å². The fraction of sp³-hybridized carbons (Fsp3) is 0.562.